The first-order valence-corrected chi connectivity index (χ1v) is 10.9. The molecule has 0 unspecified atom stereocenters. The lowest BCUT2D eigenvalue weighted by Crippen LogP contribution is -2.25. The van der Waals surface area contributed by atoms with Gasteiger partial charge in [-0.15, -0.1) is 0 Å². The zero-order valence-electron chi connectivity index (χ0n) is 15.9. The highest BCUT2D eigenvalue weighted by molar-refractivity contribution is 14.1. The molecule has 1 aliphatic carbocycles. The molecule has 150 valence electrons. The molecule has 0 spiro atoms. The molecule has 3 aromatic rings. The molecule has 4 rings (SSSR count). The van der Waals surface area contributed by atoms with Gasteiger partial charge in [-0.25, -0.2) is 5.48 Å². The van der Waals surface area contributed by atoms with E-state index in [9.17, 15) is 4.79 Å². The predicted molar refractivity (Wildman–Crippen MR) is 124 cm³/mol. The second-order valence-electron chi connectivity index (χ2n) is 7.21. The van der Waals surface area contributed by atoms with Crippen molar-refractivity contribution in [1.82, 2.24) is 10.0 Å². The number of benzene rings is 2. The summed E-state index contributed by atoms with van der Waals surface area (Å²) in [7, 11) is 0. The largest absolute Gasteiger partial charge is 0.355 e. The maximum Gasteiger partial charge on any atom is 0.277 e. The van der Waals surface area contributed by atoms with E-state index in [1.807, 2.05) is 54.2 Å². The van der Waals surface area contributed by atoms with E-state index >= 15 is 0 Å². The van der Waals surface area contributed by atoms with Crippen LogP contribution < -0.4 is 10.8 Å². The van der Waals surface area contributed by atoms with Crippen molar-refractivity contribution in [2.24, 2.45) is 5.92 Å². The smallest absolute Gasteiger partial charge is 0.277 e. The van der Waals surface area contributed by atoms with Crippen LogP contribution in [-0.4, -0.2) is 17.1 Å². The Morgan fingerprint density at radius 1 is 1.21 bits per heavy atom. The van der Waals surface area contributed by atoms with Crippen LogP contribution in [0.25, 0.3) is 5.69 Å². The monoisotopic (exact) mass is 521 g/mol. The first-order chi connectivity index (χ1) is 14.0. The molecule has 0 bridgehead atoms. The van der Waals surface area contributed by atoms with Gasteiger partial charge in [-0.05, 0) is 96.3 Å². The third kappa shape index (κ3) is 4.94. The Hall–Kier alpha value is -2.03. The topological polar surface area (TPSA) is 55.3 Å². The first kappa shape index (κ1) is 20.3. The zero-order valence-corrected chi connectivity index (χ0v) is 18.8. The minimum Gasteiger partial charge on any atom is -0.355 e. The Morgan fingerprint density at radius 2 is 1.97 bits per heavy atom. The van der Waals surface area contributed by atoms with Gasteiger partial charge in [-0.2, -0.15) is 0 Å². The van der Waals surface area contributed by atoms with Gasteiger partial charge in [-0.3, -0.25) is 9.63 Å². The fraction of sp³-hybridized carbons (Fsp3) is 0.227. The lowest BCUT2D eigenvalue weighted by molar-refractivity contribution is 0.0271. The fourth-order valence-corrected chi connectivity index (χ4v) is 3.93. The van der Waals surface area contributed by atoms with Crippen LogP contribution in [0.1, 0.15) is 28.8 Å². The highest BCUT2D eigenvalue weighted by Gasteiger charge is 2.23. The van der Waals surface area contributed by atoms with Gasteiger partial charge in [0.05, 0.1) is 28.6 Å². The zero-order chi connectivity index (χ0) is 20.4. The molecule has 0 aliphatic heterocycles. The van der Waals surface area contributed by atoms with Crippen molar-refractivity contribution in [2.45, 2.75) is 19.8 Å². The van der Waals surface area contributed by atoms with Crippen molar-refractivity contribution in [3.05, 3.63) is 74.6 Å². The molecule has 1 fully saturated rings. The Kier molecular flexibility index (Phi) is 6.12. The third-order valence-corrected chi connectivity index (χ3v) is 5.83. The Balaban J connectivity index is 1.67. The van der Waals surface area contributed by atoms with Crippen molar-refractivity contribution >= 4 is 51.5 Å². The summed E-state index contributed by atoms with van der Waals surface area (Å²) in [5.41, 5.74) is 6.46. The summed E-state index contributed by atoms with van der Waals surface area (Å²) >= 11 is 8.80. The molecule has 1 amide bonds. The fourth-order valence-electron chi connectivity index (χ4n) is 3.02. The SMILES string of the molecule is Cc1cc(I)ccc1Nc1cc(-n2cccc2)c(Cl)cc1C(=O)NOCC1CC1. The summed E-state index contributed by atoms with van der Waals surface area (Å²) in [5, 5.41) is 3.88. The number of hydrogen-bond acceptors (Lipinski definition) is 3. The number of halogens is 2. The normalized spacial score (nSPS) is 13.3. The molecule has 7 heteroatoms. The van der Waals surface area contributed by atoms with Crippen LogP contribution >= 0.6 is 34.2 Å². The summed E-state index contributed by atoms with van der Waals surface area (Å²) in [6.07, 6.45) is 6.15. The quantitative estimate of drug-likeness (QED) is 0.303. The molecule has 0 radical (unpaired) electrons. The number of hydroxylamine groups is 1. The average molecular weight is 522 g/mol. The van der Waals surface area contributed by atoms with Crippen LogP contribution in [0.15, 0.2) is 54.9 Å². The van der Waals surface area contributed by atoms with E-state index in [4.69, 9.17) is 16.4 Å². The van der Waals surface area contributed by atoms with E-state index in [0.29, 0.717) is 28.8 Å². The van der Waals surface area contributed by atoms with E-state index in [2.05, 4.69) is 39.5 Å². The number of amides is 1. The van der Waals surface area contributed by atoms with Gasteiger partial charge in [0.1, 0.15) is 0 Å². The van der Waals surface area contributed by atoms with Gasteiger partial charge in [0.2, 0.25) is 0 Å². The molecule has 29 heavy (non-hydrogen) atoms. The number of aryl methyl sites for hydroxylation is 1. The maximum atomic E-state index is 12.8. The second kappa shape index (κ2) is 8.77. The highest BCUT2D eigenvalue weighted by atomic mass is 127. The van der Waals surface area contributed by atoms with Crippen LogP contribution in [0, 0.1) is 16.4 Å². The summed E-state index contributed by atoms with van der Waals surface area (Å²) in [5.74, 6) is 0.235. The molecule has 1 heterocycles. The summed E-state index contributed by atoms with van der Waals surface area (Å²) in [6, 6.07) is 13.5. The Labute approximate surface area is 188 Å². The van der Waals surface area contributed by atoms with Crippen LogP contribution in [0.2, 0.25) is 5.02 Å². The minimum atomic E-state index is -0.322. The lowest BCUT2D eigenvalue weighted by Gasteiger charge is -2.17. The molecule has 1 aliphatic rings. The molecule has 0 atom stereocenters. The number of hydrogen-bond donors (Lipinski definition) is 2. The number of nitrogens with one attached hydrogen (secondary N) is 2. The first-order valence-electron chi connectivity index (χ1n) is 9.43. The predicted octanol–water partition coefficient (Wildman–Crippen LogP) is 5.86. The van der Waals surface area contributed by atoms with Crippen LogP contribution in [0.3, 0.4) is 0 Å². The summed E-state index contributed by atoms with van der Waals surface area (Å²) < 4.78 is 3.07. The van der Waals surface area contributed by atoms with Crippen molar-refractivity contribution in [3.63, 3.8) is 0 Å². The number of carbonyl (C=O) groups is 1. The Bertz CT molecular complexity index is 1030. The average Bonchev–Trinajstić information content (AvgIpc) is 3.35. The Morgan fingerprint density at radius 3 is 2.66 bits per heavy atom. The molecule has 1 saturated carbocycles. The van der Waals surface area contributed by atoms with Crippen molar-refractivity contribution in [3.8, 4) is 5.69 Å². The number of anilines is 2. The van der Waals surface area contributed by atoms with Crippen molar-refractivity contribution in [1.29, 1.82) is 0 Å². The highest BCUT2D eigenvalue weighted by Crippen LogP contribution is 2.32. The molecular formula is C22H21ClIN3O2. The van der Waals surface area contributed by atoms with Gasteiger partial charge in [0, 0.05) is 21.7 Å². The van der Waals surface area contributed by atoms with Gasteiger partial charge >= 0.3 is 0 Å². The van der Waals surface area contributed by atoms with Gasteiger partial charge in [0.15, 0.2) is 0 Å². The number of nitrogens with zero attached hydrogens (tertiary/aromatic N) is 1. The number of rotatable bonds is 7. The van der Waals surface area contributed by atoms with E-state index in [1.165, 1.54) is 0 Å². The van der Waals surface area contributed by atoms with E-state index in [1.54, 1.807) is 6.07 Å². The molecule has 2 N–H and O–H groups in total. The van der Waals surface area contributed by atoms with Crippen LogP contribution in [-0.2, 0) is 4.84 Å². The number of carbonyl (C=O) groups excluding carboxylic acids is 1. The maximum absolute atomic E-state index is 12.8. The van der Waals surface area contributed by atoms with E-state index in [0.717, 1.165) is 33.4 Å². The van der Waals surface area contributed by atoms with E-state index in [-0.39, 0.29) is 5.91 Å². The molecular weight excluding hydrogens is 501 g/mol. The van der Waals surface area contributed by atoms with Gasteiger partial charge < -0.3 is 9.88 Å². The van der Waals surface area contributed by atoms with Gasteiger partial charge in [-0.1, -0.05) is 11.6 Å². The standard InChI is InChI=1S/C22H21ClIN3O2/c1-14-10-16(24)6-7-19(14)25-20-12-21(27-8-2-3-9-27)18(23)11-17(20)22(28)26-29-13-15-4-5-15/h2-3,6-12,15,25H,4-5,13H2,1H3,(H,26,28). The molecule has 1 aromatic heterocycles. The molecule has 5 nitrogen and oxygen atoms in total. The van der Waals surface area contributed by atoms with E-state index < -0.39 is 0 Å². The molecule has 2 aromatic carbocycles. The van der Waals surface area contributed by atoms with Crippen LogP contribution in [0.5, 0.6) is 0 Å². The number of aromatic nitrogens is 1. The summed E-state index contributed by atoms with van der Waals surface area (Å²) in [4.78, 5) is 18.2. The lowest BCUT2D eigenvalue weighted by atomic mass is 10.1. The third-order valence-electron chi connectivity index (χ3n) is 4.85. The minimum absolute atomic E-state index is 0.322. The second-order valence-corrected chi connectivity index (χ2v) is 8.86. The summed E-state index contributed by atoms with van der Waals surface area (Å²) in [6.45, 7) is 2.58. The van der Waals surface area contributed by atoms with Gasteiger partial charge in [0.25, 0.3) is 5.91 Å². The van der Waals surface area contributed by atoms with Crippen molar-refractivity contribution < 1.29 is 9.63 Å². The van der Waals surface area contributed by atoms with Crippen molar-refractivity contribution in [2.75, 3.05) is 11.9 Å². The molecule has 0 saturated heterocycles. The van der Waals surface area contributed by atoms with Crippen LogP contribution in [0.4, 0.5) is 11.4 Å².